The van der Waals surface area contributed by atoms with Crippen molar-refractivity contribution >= 4 is 16.0 Å². The second-order valence-electron chi connectivity index (χ2n) is 7.66. The molecule has 0 amide bonds. The topological polar surface area (TPSA) is 63.7 Å². The Morgan fingerprint density at radius 1 is 1.12 bits per heavy atom. The zero-order chi connectivity index (χ0) is 18.5. The van der Waals surface area contributed by atoms with Gasteiger partial charge >= 0.3 is 5.97 Å². The lowest BCUT2D eigenvalue weighted by molar-refractivity contribution is -0.145. The van der Waals surface area contributed by atoms with Gasteiger partial charge in [-0.2, -0.15) is 4.31 Å². The Morgan fingerprint density at radius 2 is 1.85 bits per heavy atom. The van der Waals surface area contributed by atoms with Crippen molar-refractivity contribution in [3.05, 3.63) is 41.0 Å². The van der Waals surface area contributed by atoms with Gasteiger partial charge in [-0.1, -0.05) is 24.1 Å². The molecule has 0 N–H and O–H groups in total. The molecule has 3 unspecified atom stereocenters. The van der Waals surface area contributed by atoms with Crippen molar-refractivity contribution in [1.82, 2.24) is 4.31 Å². The number of benzene rings is 1. The molecule has 1 aliphatic heterocycles. The van der Waals surface area contributed by atoms with Crippen molar-refractivity contribution in [3.63, 3.8) is 0 Å². The maximum absolute atomic E-state index is 13.3. The minimum Gasteiger partial charge on any atom is -0.458 e. The van der Waals surface area contributed by atoms with Gasteiger partial charge in [0, 0.05) is 19.5 Å². The van der Waals surface area contributed by atoms with E-state index < -0.39 is 10.0 Å². The fraction of sp³-hybridized carbons (Fsp3) is 0.550. The van der Waals surface area contributed by atoms with Crippen LogP contribution in [0.2, 0.25) is 0 Å². The van der Waals surface area contributed by atoms with E-state index in [1.807, 2.05) is 19.1 Å². The first-order valence-electron chi connectivity index (χ1n) is 9.36. The van der Waals surface area contributed by atoms with Crippen LogP contribution in [0.25, 0.3) is 0 Å². The van der Waals surface area contributed by atoms with E-state index in [1.165, 1.54) is 12.5 Å². The van der Waals surface area contributed by atoms with Crippen LogP contribution in [-0.4, -0.2) is 37.4 Å². The van der Waals surface area contributed by atoms with Gasteiger partial charge in [-0.3, -0.25) is 4.79 Å². The maximum Gasteiger partial charge on any atom is 0.303 e. The molecule has 3 atom stereocenters. The second-order valence-corrected chi connectivity index (χ2v) is 9.55. The van der Waals surface area contributed by atoms with Crippen molar-refractivity contribution in [2.45, 2.75) is 63.0 Å². The SMILES string of the molecule is CC(=O)OC1CCC2CCCC3C2=C1CN3S(=O)(=O)c1ccc(C)cc1. The lowest BCUT2D eigenvalue weighted by atomic mass is 9.73. The smallest absolute Gasteiger partial charge is 0.303 e. The van der Waals surface area contributed by atoms with Gasteiger partial charge in [-0.05, 0) is 61.8 Å². The minimum absolute atomic E-state index is 0.0755. The van der Waals surface area contributed by atoms with E-state index in [2.05, 4.69) is 0 Å². The van der Waals surface area contributed by atoms with E-state index in [0.29, 0.717) is 17.4 Å². The van der Waals surface area contributed by atoms with Crippen LogP contribution < -0.4 is 0 Å². The van der Waals surface area contributed by atoms with Crippen LogP contribution in [0.5, 0.6) is 0 Å². The summed E-state index contributed by atoms with van der Waals surface area (Å²) in [5.74, 6) is 0.141. The Balaban J connectivity index is 1.70. The van der Waals surface area contributed by atoms with Gasteiger partial charge in [-0.25, -0.2) is 8.42 Å². The van der Waals surface area contributed by atoms with Gasteiger partial charge in [0.2, 0.25) is 10.0 Å². The monoisotopic (exact) mass is 375 g/mol. The third-order valence-corrected chi connectivity index (χ3v) is 7.84. The van der Waals surface area contributed by atoms with Crippen molar-refractivity contribution in [2.24, 2.45) is 5.92 Å². The summed E-state index contributed by atoms with van der Waals surface area (Å²) >= 11 is 0. The van der Waals surface area contributed by atoms with E-state index >= 15 is 0 Å². The average molecular weight is 375 g/mol. The molecule has 140 valence electrons. The fourth-order valence-corrected chi connectivity index (χ4v) is 6.44. The van der Waals surface area contributed by atoms with Crippen LogP contribution in [0, 0.1) is 12.8 Å². The Labute approximate surface area is 155 Å². The fourth-order valence-electron chi connectivity index (χ4n) is 4.83. The first-order chi connectivity index (χ1) is 12.4. The van der Waals surface area contributed by atoms with E-state index in [9.17, 15) is 13.2 Å². The molecule has 4 rings (SSSR count). The summed E-state index contributed by atoms with van der Waals surface area (Å²) in [5.41, 5.74) is 3.32. The number of hydrogen-bond acceptors (Lipinski definition) is 4. The first kappa shape index (κ1) is 17.7. The summed E-state index contributed by atoms with van der Waals surface area (Å²) < 4.78 is 33.8. The van der Waals surface area contributed by atoms with Crippen LogP contribution >= 0.6 is 0 Å². The summed E-state index contributed by atoms with van der Waals surface area (Å²) in [4.78, 5) is 11.8. The summed E-state index contributed by atoms with van der Waals surface area (Å²) in [6.45, 7) is 3.72. The van der Waals surface area contributed by atoms with Gasteiger partial charge in [0.25, 0.3) is 0 Å². The number of esters is 1. The number of ether oxygens (including phenoxy) is 1. The lowest BCUT2D eigenvalue weighted by Gasteiger charge is -2.37. The molecule has 1 heterocycles. The molecule has 26 heavy (non-hydrogen) atoms. The molecule has 1 fully saturated rings. The average Bonchev–Trinajstić information content (AvgIpc) is 3.00. The molecule has 6 heteroatoms. The van der Waals surface area contributed by atoms with Crippen molar-refractivity contribution in [1.29, 1.82) is 0 Å². The predicted molar refractivity (Wildman–Crippen MR) is 98.0 cm³/mol. The Morgan fingerprint density at radius 3 is 2.54 bits per heavy atom. The number of nitrogens with zero attached hydrogens (tertiary/aromatic N) is 1. The third-order valence-electron chi connectivity index (χ3n) is 5.98. The zero-order valence-electron chi connectivity index (χ0n) is 15.3. The second kappa shape index (κ2) is 6.50. The standard InChI is InChI=1S/C20H25NO4S/c1-13-6-9-16(10-7-13)26(23,24)21-12-17-19(25-14(2)22)11-8-15-4-3-5-18(21)20(15)17/h6-7,9-10,15,18-19H,3-5,8,11-12H2,1-2H3. The number of carbonyl (C=O) groups is 1. The largest absolute Gasteiger partial charge is 0.458 e. The number of rotatable bonds is 3. The van der Waals surface area contributed by atoms with Gasteiger partial charge < -0.3 is 4.74 Å². The van der Waals surface area contributed by atoms with Gasteiger partial charge in [-0.15, -0.1) is 0 Å². The zero-order valence-corrected chi connectivity index (χ0v) is 16.1. The van der Waals surface area contributed by atoms with E-state index in [4.69, 9.17) is 4.74 Å². The summed E-state index contributed by atoms with van der Waals surface area (Å²) in [5, 5.41) is 0. The highest BCUT2D eigenvalue weighted by molar-refractivity contribution is 7.89. The van der Waals surface area contributed by atoms with Crippen LogP contribution in [0.15, 0.2) is 40.3 Å². The molecule has 0 saturated heterocycles. The number of hydrogen-bond donors (Lipinski definition) is 0. The van der Waals surface area contributed by atoms with Gasteiger partial charge in [0.1, 0.15) is 6.10 Å². The van der Waals surface area contributed by atoms with Gasteiger partial charge in [0.05, 0.1) is 4.90 Å². The van der Waals surface area contributed by atoms with Crippen LogP contribution in [0.3, 0.4) is 0 Å². The quantitative estimate of drug-likeness (QED) is 0.601. The van der Waals surface area contributed by atoms with E-state index in [0.717, 1.165) is 43.2 Å². The third kappa shape index (κ3) is 2.89. The Kier molecular flexibility index (Phi) is 4.43. The Hall–Kier alpha value is -1.66. The molecule has 2 aliphatic carbocycles. The van der Waals surface area contributed by atoms with Crippen molar-refractivity contribution in [2.75, 3.05) is 6.54 Å². The molecule has 1 saturated carbocycles. The molecular formula is C20H25NO4S. The van der Waals surface area contributed by atoms with E-state index in [-0.39, 0.29) is 18.1 Å². The Bertz CT molecular complexity index is 856. The van der Waals surface area contributed by atoms with Crippen LogP contribution in [0.4, 0.5) is 0 Å². The van der Waals surface area contributed by atoms with Crippen molar-refractivity contribution in [3.8, 4) is 0 Å². The molecule has 1 aromatic carbocycles. The highest BCUT2D eigenvalue weighted by atomic mass is 32.2. The molecule has 0 aromatic heterocycles. The van der Waals surface area contributed by atoms with Crippen LogP contribution in [0.1, 0.15) is 44.6 Å². The first-order valence-corrected chi connectivity index (χ1v) is 10.8. The predicted octanol–water partition coefficient (Wildman–Crippen LogP) is 3.19. The molecule has 0 radical (unpaired) electrons. The molecular weight excluding hydrogens is 350 g/mol. The number of carbonyl (C=O) groups excluding carboxylic acids is 1. The molecule has 1 aromatic rings. The summed E-state index contributed by atoms with van der Waals surface area (Å²) in [7, 11) is -3.57. The highest BCUT2D eigenvalue weighted by Crippen LogP contribution is 2.48. The minimum atomic E-state index is -3.57. The highest BCUT2D eigenvalue weighted by Gasteiger charge is 2.48. The lowest BCUT2D eigenvalue weighted by Crippen LogP contribution is -2.40. The van der Waals surface area contributed by atoms with Crippen molar-refractivity contribution < 1.29 is 17.9 Å². The molecule has 3 aliphatic rings. The molecule has 0 spiro atoms. The number of aryl methyl sites for hydroxylation is 1. The maximum atomic E-state index is 13.3. The van der Waals surface area contributed by atoms with E-state index in [1.54, 1.807) is 16.4 Å². The summed E-state index contributed by atoms with van der Waals surface area (Å²) in [6.07, 6.45) is 4.52. The number of sulfonamides is 1. The van der Waals surface area contributed by atoms with Crippen LogP contribution in [-0.2, 0) is 19.6 Å². The molecule has 5 nitrogen and oxygen atoms in total. The summed E-state index contributed by atoms with van der Waals surface area (Å²) in [6, 6.07) is 6.97. The normalized spacial score (nSPS) is 28.8. The van der Waals surface area contributed by atoms with Gasteiger partial charge in [0.15, 0.2) is 0 Å². The molecule has 0 bridgehead atoms.